The van der Waals surface area contributed by atoms with E-state index in [-0.39, 0.29) is 12.5 Å². The molecule has 0 aromatic heterocycles. The Kier molecular flexibility index (Phi) is 6.10. The number of nitrogens with two attached hydrogens (primary N) is 1. The lowest BCUT2D eigenvalue weighted by atomic mass is 10.1. The van der Waals surface area contributed by atoms with Crippen LogP contribution in [0.2, 0.25) is 0 Å². The normalized spacial score (nSPS) is 15.1. The molecule has 0 rings (SSSR count). The lowest BCUT2D eigenvalue weighted by molar-refractivity contribution is -0.196. The Balaban J connectivity index is 4.77. The summed E-state index contributed by atoms with van der Waals surface area (Å²) in [5.74, 6) is -2.40. The summed E-state index contributed by atoms with van der Waals surface area (Å²) in [6.45, 7) is 4.21. The molecule has 0 aromatic carbocycles. The van der Waals surface area contributed by atoms with Gasteiger partial charge in [-0.05, 0) is 5.92 Å². The molecule has 5 nitrogen and oxygen atoms in total. The first kappa shape index (κ1) is 16.7. The fourth-order valence-electron chi connectivity index (χ4n) is 0.949. The maximum absolute atomic E-state index is 12.4. The third-order valence-electron chi connectivity index (χ3n) is 1.79. The predicted molar refractivity (Wildman–Crippen MR) is 55.4 cm³/mol. The highest BCUT2D eigenvalue weighted by atomic mass is 19.4. The Bertz CT molecular complexity index is 304. The van der Waals surface area contributed by atoms with Crippen molar-refractivity contribution in [1.82, 2.24) is 0 Å². The Hall–Kier alpha value is -1.31. The summed E-state index contributed by atoms with van der Waals surface area (Å²) in [5, 5.41) is 0. The van der Waals surface area contributed by atoms with Crippen LogP contribution >= 0.6 is 0 Å². The van der Waals surface area contributed by atoms with Crippen LogP contribution in [-0.2, 0) is 19.1 Å². The first-order valence-electron chi connectivity index (χ1n) is 5.21. The quantitative estimate of drug-likeness (QED) is 0.755. The minimum absolute atomic E-state index is 0.0611. The largest absolute Gasteiger partial charge is 0.463 e. The number of carbonyl (C=O) groups excluding carboxylic acids is 2. The minimum atomic E-state index is -4.86. The van der Waals surface area contributed by atoms with Crippen LogP contribution in [0.5, 0.6) is 0 Å². The topological polar surface area (TPSA) is 78.6 Å². The van der Waals surface area contributed by atoms with Gasteiger partial charge in [-0.2, -0.15) is 13.2 Å². The van der Waals surface area contributed by atoms with Gasteiger partial charge in [0.15, 0.2) is 0 Å². The molecule has 2 N–H and O–H groups in total. The molecule has 2 atom stereocenters. The first-order valence-corrected chi connectivity index (χ1v) is 5.21. The maximum atomic E-state index is 12.4. The summed E-state index contributed by atoms with van der Waals surface area (Å²) >= 11 is 0. The Morgan fingerprint density at radius 3 is 2.11 bits per heavy atom. The summed E-state index contributed by atoms with van der Waals surface area (Å²) in [6.07, 6.45) is -7.04. The lowest BCUT2D eigenvalue weighted by Gasteiger charge is -2.24. The van der Waals surface area contributed by atoms with E-state index < -0.39 is 30.3 Å². The number of hydrogen-bond acceptors (Lipinski definition) is 5. The zero-order valence-corrected chi connectivity index (χ0v) is 10.3. The highest BCUT2D eigenvalue weighted by molar-refractivity contribution is 5.79. The summed E-state index contributed by atoms with van der Waals surface area (Å²) in [6, 6.07) is -2.61. The molecule has 0 amide bonds. The number of esters is 2. The zero-order valence-electron chi connectivity index (χ0n) is 10.3. The summed E-state index contributed by atoms with van der Waals surface area (Å²) in [7, 11) is 0. The maximum Gasteiger partial charge on any atom is 0.407 e. The summed E-state index contributed by atoms with van der Waals surface area (Å²) in [4.78, 5) is 22.1. The van der Waals surface area contributed by atoms with Gasteiger partial charge in [0.05, 0.1) is 6.61 Å². The molecule has 106 valence electrons. The number of rotatable bonds is 5. The van der Waals surface area contributed by atoms with E-state index in [9.17, 15) is 22.8 Å². The molecule has 0 aliphatic rings. The molecule has 0 aliphatic heterocycles. The Labute approximate surface area is 102 Å². The molecular weight excluding hydrogens is 255 g/mol. The predicted octanol–water partition coefficient (Wildman–Crippen LogP) is 1.01. The average Bonchev–Trinajstić information content (AvgIpc) is 2.19. The van der Waals surface area contributed by atoms with Crippen LogP contribution < -0.4 is 5.73 Å². The van der Waals surface area contributed by atoms with Gasteiger partial charge in [0, 0.05) is 6.92 Å². The monoisotopic (exact) mass is 271 g/mol. The number of hydrogen-bond donors (Lipinski definition) is 1. The molecule has 0 heterocycles. The third-order valence-corrected chi connectivity index (χ3v) is 1.79. The van der Waals surface area contributed by atoms with Crippen LogP contribution in [0.1, 0.15) is 20.8 Å². The zero-order chi connectivity index (χ0) is 14.5. The molecule has 0 saturated heterocycles. The van der Waals surface area contributed by atoms with Crippen molar-refractivity contribution in [3.8, 4) is 0 Å². The van der Waals surface area contributed by atoms with Gasteiger partial charge in [-0.25, -0.2) is 4.79 Å². The van der Waals surface area contributed by atoms with Gasteiger partial charge >= 0.3 is 18.1 Å². The molecule has 0 unspecified atom stereocenters. The molecule has 18 heavy (non-hydrogen) atoms. The van der Waals surface area contributed by atoms with E-state index in [2.05, 4.69) is 9.47 Å². The van der Waals surface area contributed by atoms with Crippen molar-refractivity contribution in [2.75, 3.05) is 6.61 Å². The molecule has 0 aliphatic carbocycles. The van der Waals surface area contributed by atoms with Gasteiger partial charge in [-0.3, -0.25) is 4.79 Å². The van der Waals surface area contributed by atoms with Gasteiger partial charge in [0.1, 0.15) is 6.04 Å². The van der Waals surface area contributed by atoms with E-state index in [1.54, 1.807) is 13.8 Å². The van der Waals surface area contributed by atoms with Crippen LogP contribution in [0.3, 0.4) is 0 Å². The second kappa shape index (κ2) is 6.58. The van der Waals surface area contributed by atoms with Crippen molar-refractivity contribution in [2.45, 2.75) is 39.1 Å². The van der Waals surface area contributed by atoms with Crippen LogP contribution in [0.25, 0.3) is 0 Å². The minimum Gasteiger partial charge on any atom is -0.463 e. The van der Waals surface area contributed by atoms with Crippen molar-refractivity contribution < 1.29 is 32.2 Å². The van der Waals surface area contributed by atoms with E-state index in [1.165, 1.54) is 0 Å². The van der Waals surface area contributed by atoms with Crippen molar-refractivity contribution >= 4 is 11.9 Å². The van der Waals surface area contributed by atoms with Gasteiger partial charge < -0.3 is 15.2 Å². The molecule has 8 heteroatoms. The fourth-order valence-corrected chi connectivity index (χ4v) is 0.949. The van der Waals surface area contributed by atoms with Crippen molar-refractivity contribution in [2.24, 2.45) is 11.7 Å². The van der Waals surface area contributed by atoms with Crippen LogP contribution in [-0.4, -0.2) is 36.9 Å². The third kappa shape index (κ3) is 5.85. The summed E-state index contributed by atoms with van der Waals surface area (Å²) < 4.78 is 46.0. The van der Waals surface area contributed by atoms with Crippen LogP contribution in [0.4, 0.5) is 13.2 Å². The second-order valence-corrected chi connectivity index (χ2v) is 4.12. The molecule has 0 aromatic rings. The molecule has 0 spiro atoms. The molecule has 0 fully saturated rings. The standard InChI is InChI=1S/C10H16F3NO4/c1-5(2)4-17-9(16)7(18-6(3)15)8(14)10(11,12)13/h5,7-8H,4,14H2,1-3H3/t7-,8-/m1/s1. The first-order chi connectivity index (χ1) is 8.05. The number of halogens is 3. The lowest BCUT2D eigenvalue weighted by Crippen LogP contribution is -2.53. The Morgan fingerprint density at radius 2 is 1.78 bits per heavy atom. The number of ether oxygens (including phenoxy) is 2. The molecule has 0 saturated carbocycles. The van der Waals surface area contributed by atoms with E-state index in [0.717, 1.165) is 6.92 Å². The van der Waals surface area contributed by atoms with Gasteiger partial charge in [0.25, 0.3) is 0 Å². The fraction of sp³-hybridized carbons (Fsp3) is 0.800. The van der Waals surface area contributed by atoms with Crippen molar-refractivity contribution in [3.05, 3.63) is 0 Å². The second-order valence-electron chi connectivity index (χ2n) is 4.12. The molecule has 0 radical (unpaired) electrons. The van der Waals surface area contributed by atoms with Gasteiger partial charge in [-0.15, -0.1) is 0 Å². The number of carbonyl (C=O) groups is 2. The highest BCUT2D eigenvalue weighted by Gasteiger charge is 2.47. The summed E-state index contributed by atoms with van der Waals surface area (Å²) in [5.41, 5.74) is 4.85. The SMILES string of the molecule is CC(=O)O[C@@H](C(=O)OCC(C)C)[C@@H](N)C(F)(F)F. The highest BCUT2D eigenvalue weighted by Crippen LogP contribution is 2.23. The van der Waals surface area contributed by atoms with Crippen LogP contribution in [0, 0.1) is 5.92 Å². The molecule has 0 bridgehead atoms. The average molecular weight is 271 g/mol. The van der Waals surface area contributed by atoms with E-state index >= 15 is 0 Å². The van der Waals surface area contributed by atoms with Crippen molar-refractivity contribution in [3.63, 3.8) is 0 Å². The smallest absolute Gasteiger partial charge is 0.407 e. The van der Waals surface area contributed by atoms with Crippen molar-refractivity contribution in [1.29, 1.82) is 0 Å². The molecular formula is C10H16F3NO4. The van der Waals surface area contributed by atoms with E-state index in [0.29, 0.717) is 0 Å². The van der Waals surface area contributed by atoms with Gasteiger partial charge in [-0.1, -0.05) is 13.8 Å². The van der Waals surface area contributed by atoms with Crippen LogP contribution in [0.15, 0.2) is 0 Å². The van der Waals surface area contributed by atoms with E-state index in [1.807, 2.05) is 0 Å². The van der Waals surface area contributed by atoms with Gasteiger partial charge in [0.2, 0.25) is 6.10 Å². The number of alkyl halides is 3. The Morgan fingerprint density at radius 1 is 1.28 bits per heavy atom. The van der Waals surface area contributed by atoms with E-state index in [4.69, 9.17) is 5.73 Å².